The minimum atomic E-state index is -0.965. The van der Waals surface area contributed by atoms with E-state index in [1.807, 2.05) is 12.1 Å². The molecule has 1 aromatic carbocycles. The Hall–Kier alpha value is -1.30. The minimum absolute atomic E-state index is 0.715. The van der Waals surface area contributed by atoms with Crippen molar-refractivity contribution in [3.05, 3.63) is 53.8 Å². The fourth-order valence-corrected chi connectivity index (χ4v) is 2.81. The Morgan fingerprint density at radius 1 is 1.22 bits per heavy atom. The molecular weight excluding hydrogens is 220 g/mol. The summed E-state index contributed by atoms with van der Waals surface area (Å²) in [5, 5.41) is 10.2. The van der Waals surface area contributed by atoms with Gasteiger partial charge in [0.2, 0.25) is 0 Å². The molecule has 0 aromatic heterocycles. The molecule has 1 aliphatic carbocycles. The monoisotopic (exact) mass is 242 g/mol. The van der Waals surface area contributed by atoms with E-state index in [4.69, 9.17) is 0 Å². The van der Waals surface area contributed by atoms with E-state index in [0.29, 0.717) is 5.92 Å². The maximum atomic E-state index is 10.2. The third-order valence-corrected chi connectivity index (χ3v) is 3.95. The summed E-state index contributed by atoms with van der Waals surface area (Å²) in [5.74, 6) is 0.715. The number of rotatable bonds is 3. The van der Waals surface area contributed by atoms with Crippen LogP contribution in [-0.2, 0) is 5.60 Å². The van der Waals surface area contributed by atoms with Gasteiger partial charge in [-0.25, -0.2) is 0 Å². The normalized spacial score (nSPS) is 19.9. The maximum absolute atomic E-state index is 10.2. The highest BCUT2D eigenvalue weighted by Gasteiger charge is 2.20. The average Bonchev–Trinajstić information content (AvgIpc) is 2.40. The van der Waals surface area contributed by atoms with Gasteiger partial charge in [0.05, 0.1) is 0 Å². The van der Waals surface area contributed by atoms with E-state index in [1.165, 1.54) is 37.7 Å². The lowest BCUT2D eigenvalue weighted by molar-refractivity contribution is 0.111. The van der Waals surface area contributed by atoms with E-state index in [1.54, 1.807) is 13.0 Å². The molecule has 1 saturated carbocycles. The van der Waals surface area contributed by atoms with E-state index < -0.39 is 5.60 Å². The van der Waals surface area contributed by atoms with Gasteiger partial charge in [-0.15, -0.1) is 5.73 Å². The van der Waals surface area contributed by atoms with Crippen molar-refractivity contribution in [2.24, 2.45) is 0 Å². The lowest BCUT2D eigenvalue weighted by Crippen LogP contribution is -2.17. The minimum Gasteiger partial charge on any atom is -0.381 e. The Morgan fingerprint density at radius 2 is 1.83 bits per heavy atom. The van der Waals surface area contributed by atoms with Crippen LogP contribution in [0.5, 0.6) is 0 Å². The second-order valence-electron chi connectivity index (χ2n) is 5.45. The van der Waals surface area contributed by atoms with Gasteiger partial charge in [-0.3, -0.25) is 0 Å². The standard InChI is InChI=1S/C17H22O/c1-3-13-17(2,18)16-11-9-15(10-12-16)14-7-5-4-6-8-14/h9-14,18H,1,4-8H2,2H3. The summed E-state index contributed by atoms with van der Waals surface area (Å²) in [7, 11) is 0. The molecule has 1 unspecified atom stereocenters. The number of hydrogen-bond donors (Lipinski definition) is 1. The Balaban J connectivity index is 2.16. The summed E-state index contributed by atoms with van der Waals surface area (Å²) in [6.45, 7) is 5.29. The first-order valence-electron chi connectivity index (χ1n) is 6.83. The largest absolute Gasteiger partial charge is 0.381 e. The molecule has 1 atom stereocenters. The van der Waals surface area contributed by atoms with Gasteiger partial charge in [-0.1, -0.05) is 50.1 Å². The van der Waals surface area contributed by atoms with Gasteiger partial charge in [0.25, 0.3) is 0 Å². The summed E-state index contributed by atoms with van der Waals surface area (Å²) in [6, 6.07) is 8.38. The van der Waals surface area contributed by atoms with E-state index in [-0.39, 0.29) is 0 Å². The van der Waals surface area contributed by atoms with Crippen molar-refractivity contribution < 1.29 is 5.11 Å². The van der Waals surface area contributed by atoms with Crippen molar-refractivity contribution in [2.75, 3.05) is 0 Å². The molecule has 2 rings (SSSR count). The topological polar surface area (TPSA) is 20.2 Å². The Labute approximate surface area is 110 Å². The molecule has 1 aromatic rings. The highest BCUT2D eigenvalue weighted by atomic mass is 16.3. The first kappa shape index (κ1) is 13.1. The Morgan fingerprint density at radius 3 is 2.39 bits per heavy atom. The lowest BCUT2D eigenvalue weighted by atomic mass is 9.83. The molecule has 1 aliphatic rings. The quantitative estimate of drug-likeness (QED) is 0.784. The van der Waals surface area contributed by atoms with Crippen LogP contribution in [0.2, 0.25) is 0 Å². The molecule has 18 heavy (non-hydrogen) atoms. The molecule has 0 heterocycles. The predicted molar refractivity (Wildman–Crippen MR) is 75.5 cm³/mol. The van der Waals surface area contributed by atoms with Gasteiger partial charge in [0, 0.05) is 0 Å². The summed E-state index contributed by atoms with van der Waals surface area (Å²) in [5.41, 5.74) is 4.01. The van der Waals surface area contributed by atoms with E-state index in [0.717, 1.165) is 5.56 Å². The lowest BCUT2D eigenvalue weighted by Gasteiger charge is -2.23. The SMILES string of the molecule is C=C=CC(C)(O)c1ccc(C2CCCCC2)cc1. The fraction of sp³-hybridized carbons (Fsp3) is 0.471. The number of aliphatic hydroxyl groups is 1. The van der Waals surface area contributed by atoms with Crippen LogP contribution < -0.4 is 0 Å². The molecule has 1 N–H and O–H groups in total. The smallest absolute Gasteiger partial charge is 0.112 e. The maximum Gasteiger partial charge on any atom is 0.112 e. The van der Waals surface area contributed by atoms with Gasteiger partial charge >= 0.3 is 0 Å². The molecule has 0 bridgehead atoms. The molecule has 0 spiro atoms. The van der Waals surface area contributed by atoms with Crippen molar-refractivity contribution in [3.8, 4) is 0 Å². The first-order chi connectivity index (χ1) is 8.63. The summed E-state index contributed by atoms with van der Waals surface area (Å²) < 4.78 is 0. The van der Waals surface area contributed by atoms with Crippen molar-refractivity contribution in [2.45, 2.75) is 50.5 Å². The number of benzene rings is 1. The van der Waals surface area contributed by atoms with Crippen LogP contribution >= 0.6 is 0 Å². The zero-order chi connectivity index (χ0) is 13.0. The van der Waals surface area contributed by atoms with Gasteiger partial charge < -0.3 is 5.11 Å². The van der Waals surface area contributed by atoms with Gasteiger partial charge in [-0.2, -0.15) is 0 Å². The van der Waals surface area contributed by atoms with Crippen LogP contribution in [0.25, 0.3) is 0 Å². The van der Waals surface area contributed by atoms with Crippen molar-refractivity contribution in [1.29, 1.82) is 0 Å². The van der Waals surface area contributed by atoms with Crippen LogP contribution in [-0.4, -0.2) is 5.11 Å². The zero-order valence-electron chi connectivity index (χ0n) is 11.2. The molecule has 0 saturated heterocycles. The summed E-state index contributed by atoms with van der Waals surface area (Å²) >= 11 is 0. The summed E-state index contributed by atoms with van der Waals surface area (Å²) in [6.07, 6.45) is 8.30. The second-order valence-corrected chi connectivity index (χ2v) is 5.45. The molecule has 1 fully saturated rings. The molecule has 1 nitrogen and oxygen atoms in total. The molecule has 0 amide bonds. The van der Waals surface area contributed by atoms with Gasteiger partial charge in [0.15, 0.2) is 0 Å². The number of hydrogen-bond acceptors (Lipinski definition) is 1. The van der Waals surface area contributed by atoms with E-state index >= 15 is 0 Å². The first-order valence-corrected chi connectivity index (χ1v) is 6.83. The van der Waals surface area contributed by atoms with E-state index in [2.05, 4.69) is 24.4 Å². The van der Waals surface area contributed by atoms with Gasteiger partial charge in [0.1, 0.15) is 5.60 Å². The third kappa shape index (κ3) is 2.93. The highest BCUT2D eigenvalue weighted by Crippen LogP contribution is 2.33. The van der Waals surface area contributed by atoms with Crippen LogP contribution in [0, 0.1) is 0 Å². The summed E-state index contributed by atoms with van der Waals surface area (Å²) in [4.78, 5) is 0. The predicted octanol–water partition coefficient (Wildman–Crippen LogP) is 4.28. The van der Waals surface area contributed by atoms with Crippen LogP contribution in [0.1, 0.15) is 56.1 Å². The average molecular weight is 242 g/mol. The van der Waals surface area contributed by atoms with Crippen LogP contribution in [0.15, 0.2) is 42.7 Å². The fourth-order valence-electron chi connectivity index (χ4n) is 2.81. The van der Waals surface area contributed by atoms with E-state index in [9.17, 15) is 5.11 Å². The zero-order valence-corrected chi connectivity index (χ0v) is 11.2. The Kier molecular flexibility index (Phi) is 4.06. The highest BCUT2D eigenvalue weighted by molar-refractivity contribution is 5.31. The van der Waals surface area contributed by atoms with Crippen molar-refractivity contribution in [3.63, 3.8) is 0 Å². The second kappa shape index (κ2) is 5.56. The third-order valence-electron chi connectivity index (χ3n) is 3.95. The molecule has 96 valence electrons. The van der Waals surface area contributed by atoms with Gasteiger partial charge in [-0.05, 0) is 42.9 Å². The molecule has 0 radical (unpaired) electrons. The van der Waals surface area contributed by atoms with Crippen molar-refractivity contribution >= 4 is 0 Å². The molecule has 0 aliphatic heterocycles. The Bertz CT molecular complexity index is 429. The molecular formula is C17H22O. The van der Waals surface area contributed by atoms with Crippen LogP contribution in [0.3, 0.4) is 0 Å². The van der Waals surface area contributed by atoms with Crippen molar-refractivity contribution in [1.82, 2.24) is 0 Å². The molecule has 1 heteroatoms. The van der Waals surface area contributed by atoms with Crippen LogP contribution in [0.4, 0.5) is 0 Å².